The Labute approximate surface area is 165 Å². The van der Waals surface area contributed by atoms with Crippen LogP contribution in [0.15, 0.2) is 109 Å². The Balaban J connectivity index is 1.58. The Bertz CT molecular complexity index is 966. The SMILES string of the molecule is O=C(c1ccc(-n2cccc2)cc1)N(Cc1ccccc1)Cc1ccccc1. The molecule has 0 saturated heterocycles. The summed E-state index contributed by atoms with van der Waals surface area (Å²) < 4.78 is 2.03. The maximum absolute atomic E-state index is 13.3. The van der Waals surface area contributed by atoms with Gasteiger partial charge >= 0.3 is 0 Å². The van der Waals surface area contributed by atoms with Crippen molar-refractivity contribution in [3.05, 3.63) is 126 Å². The van der Waals surface area contributed by atoms with Gasteiger partial charge in [-0.15, -0.1) is 0 Å². The topological polar surface area (TPSA) is 25.2 Å². The van der Waals surface area contributed by atoms with E-state index in [0.717, 1.165) is 16.8 Å². The monoisotopic (exact) mass is 366 g/mol. The van der Waals surface area contributed by atoms with Crippen LogP contribution < -0.4 is 0 Å². The summed E-state index contributed by atoms with van der Waals surface area (Å²) in [5, 5.41) is 0. The molecule has 4 rings (SSSR count). The van der Waals surface area contributed by atoms with Crippen molar-refractivity contribution in [1.82, 2.24) is 9.47 Å². The van der Waals surface area contributed by atoms with Crippen molar-refractivity contribution in [3.8, 4) is 5.69 Å². The van der Waals surface area contributed by atoms with Crippen molar-refractivity contribution in [2.75, 3.05) is 0 Å². The van der Waals surface area contributed by atoms with E-state index in [4.69, 9.17) is 0 Å². The lowest BCUT2D eigenvalue weighted by molar-refractivity contribution is 0.0730. The summed E-state index contributed by atoms with van der Waals surface area (Å²) >= 11 is 0. The fourth-order valence-electron chi connectivity index (χ4n) is 3.27. The molecule has 0 unspecified atom stereocenters. The van der Waals surface area contributed by atoms with Crippen LogP contribution in [0.4, 0.5) is 0 Å². The lowest BCUT2D eigenvalue weighted by atomic mass is 10.1. The molecule has 1 aromatic heterocycles. The maximum Gasteiger partial charge on any atom is 0.254 e. The third-order valence-electron chi connectivity index (χ3n) is 4.74. The zero-order valence-corrected chi connectivity index (χ0v) is 15.6. The normalized spacial score (nSPS) is 10.6. The highest BCUT2D eigenvalue weighted by Gasteiger charge is 2.17. The highest BCUT2D eigenvalue weighted by atomic mass is 16.2. The third-order valence-corrected chi connectivity index (χ3v) is 4.74. The van der Waals surface area contributed by atoms with Crippen LogP contribution in [0.25, 0.3) is 5.69 Å². The Morgan fingerprint density at radius 1 is 0.643 bits per heavy atom. The molecule has 1 heterocycles. The van der Waals surface area contributed by atoms with Crippen LogP contribution in [0.1, 0.15) is 21.5 Å². The number of benzene rings is 3. The molecule has 0 N–H and O–H groups in total. The molecule has 3 heteroatoms. The summed E-state index contributed by atoms with van der Waals surface area (Å²) in [4.78, 5) is 15.2. The van der Waals surface area contributed by atoms with Gasteiger partial charge in [0.15, 0.2) is 0 Å². The molecule has 3 nitrogen and oxygen atoms in total. The standard InChI is InChI=1S/C25H22N2O/c28-25(23-13-15-24(16-14-23)26-17-7-8-18-26)27(19-21-9-3-1-4-10-21)20-22-11-5-2-6-12-22/h1-18H,19-20H2. The minimum Gasteiger partial charge on any atom is -0.330 e. The summed E-state index contributed by atoms with van der Waals surface area (Å²) in [7, 11) is 0. The average Bonchev–Trinajstić information content (AvgIpc) is 3.29. The predicted octanol–water partition coefficient (Wildman–Crippen LogP) is 5.32. The van der Waals surface area contributed by atoms with Crippen LogP contribution in [0.2, 0.25) is 0 Å². The molecule has 4 aromatic rings. The molecule has 0 aliphatic heterocycles. The lowest BCUT2D eigenvalue weighted by Gasteiger charge is -2.23. The van der Waals surface area contributed by atoms with Gasteiger partial charge in [0.2, 0.25) is 0 Å². The van der Waals surface area contributed by atoms with Crippen LogP contribution in [0, 0.1) is 0 Å². The molecule has 0 bridgehead atoms. The van der Waals surface area contributed by atoms with E-state index in [9.17, 15) is 4.79 Å². The molecule has 0 aliphatic carbocycles. The summed E-state index contributed by atoms with van der Waals surface area (Å²) in [6.45, 7) is 1.15. The second kappa shape index (κ2) is 8.40. The quantitative estimate of drug-likeness (QED) is 0.453. The van der Waals surface area contributed by atoms with Gasteiger partial charge in [-0.05, 0) is 47.5 Å². The fraction of sp³-hybridized carbons (Fsp3) is 0.0800. The molecule has 3 aromatic carbocycles. The van der Waals surface area contributed by atoms with Crippen molar-refractivity contribution in [3.63, 3.8) is 0 Å². The van der Waals surface area contributed by atoms with Gasteiger partial charge in [-0.25, -0.2) is 0 Å². The van der Waals surface area contributed by atoms with Crippen LogP contribution in [0.3, 0.4) is 0 Å². The number of carbonyl (C=O) groups excluding carboxylic acids is 1. The lowest BCUT2D eigenvalue weighted by Crippen LogP contribution is -2.30. The Kier molecular flexibility index (Phi) is 5.34. The van der Waals surface area contributed by atoms with Gasteiger partial charge in [0, 0.05) is 36.7 Å². The number of aromatic nitrogens is 1. The summed E-state index contributed by atoms with van der Waals surface area (Å²) in [5.41, 5.74) is 3.98. The van der Waals surface area contributed by atoms with Gasteiger partial charge in [0.1, 0.15) is 0 Å². The molecule has 0 aliphatic rings. The van der Waals surface area contributed by atoms with Gasteiger partial charge in [0.25, 0.3) is 5.91 Å². The molecule has 0 saturated carbocycles. The first-order valence-electron chi connectivity index (χ1n) is 9.40. The van der Waals surface area contributed by atoms with Crippen LogP contribution in [-0.4, -0.2) is 15.4 Å². The maximum atomic E-state index is 13.3. The molecular formula is C25H22N2O. The van der Waals surface area contributed by atoms with E-state index >= 15 is 0 Å². The third kappa shape index (κ3) is 4.21. The van der Waals surface area contributed by atoms with E-state index in [1.165, 1.54) is 0 Å². The van der Waals surface area contributed by atoms with Gasteiger partial charge in [-0.1, -0.05) is 60.7 Å². The van der Waals surface area contributed by atoms with Crippen LogP contribution >= 0.6 is 0 Å². The van der Waals surface area contributed by atoms with Crippen molar-refractivity contribution in [1.29, 1.82) is 0 Å². The van der Waals surface area contributed by atoms with Gasteiger partial charge in [-0.2, -0.15) is 0 Å². The zero-order valence-electron chi connectivity index (χ0n) is 15.6. The summed E-state index contributed by atoms with van der Waals surface area (Å²) in [5.74, 6) is 0.0340. The first kappa shape index (κ1) is 17.8. The Morgan fingerprint density at radius 3 is 1.64 bits per heavy atom. The Morgan fingerprint density at radius 2 is 1.14 bits per heavy atom. The first-order valence-corrected chi connectivity index (χ1v) is 9.40. The number of nitrogens with zero attached hydrogens (tertiary/aromatic N) is 2. The van der Waals surface area contributed by atoms with Gasteiger partial charge in [0.05, 0.1) is 0 Å². The molecule has 138 valence electrons. The van der Waals surface area contributed by atoms with E-state index in [1.807, 2.05) is 94.7 Å². The van der Waals surface area contributed by atoms with Crippen LogP contribution in [0.5, 0.6) is 0 Å². The van der Waals surface area contributed by atoms with E-state index in [-0.39, 0.29) is 5.91 Å². The molecule has 0 radical (unpaired) electrons. The molecule has 0 atom stereocenters. The predicted molar refractivity (Wildman–Crippen MR) is 112 cm³/mol. The Hall–Kier alpha value is -3.59. The molecule has 28 heavy (non-hydrogen) atoms. The average molecular weight is 366 g/mol. The number of amides is 1. The van der Waals surface area contributed by atoms with E-state index in [0.29, 0.717) is 18.7 Å². The van der Waals surface area contributed by atoms with Crippen molar-refractivity contribution in [2.24, 2.45) is 0 Å². The number of rotatable bonds is 6. The van der Waals surface area contributed by atoms with Gasteiger partial charge in [-0.3, -0.25) is 4.79 Å². The zero-order chi connectivity index (χ0) is 19.2. The number of carbonyl (C=O) groups is 1. The number of hydrogen-bond donors (Lipinski definition) is 0. The van der Waals surface area contributed by atoms with Crippen molar-refractivity contribution >= 4 is 5.91 Å². The van der Waals surface area contributed by atoms with Crippen LogP contribution in [-0.2, 0) is 13.1 Å². The molecule has 0 fully saturated rings. The highest BCUT2D eigenvalue weighted by Crippen LogP contribution is 2.16. The molecular weight excluding hydrogens is 344 g/mol. The van der Waals surface area contributed by atoms with E-state index < -0.39 is 0 Å². The summed E-state index contributed by atoms with van der Waals surface area (Å²) in [6.07, 6.45) is 3.99. The largest absolute Gasteiger partial charge is 0.330 e. The van der Waals surface area contributed by atoms with Gasteiger partial charge < -0.3 is 9.47 Å². The van der Waals surface area contributed by atoms with E-state index in [1.54, 1.807) is 0 Å². The summed E-state index contributed by atoms with van der Waals surface area (Å²) in [6, 6.07) is 32.0. The first-order chi connectivity index (χ1) is 13.8. The van der Waals surface area contributed by atoms with Crippen molar-refractivity contribution in [2.45, 2.75) is 13.1 Å². The fourth-order valence-corrected chi connectivity index (χ4v) is 3.27. The molecule has 1 amide bonds. The minimum absolute atomic E-state index is 0.0340. The van der Waals surface area contributed by atoms with Crippen molar-refractivity contribution < 1.29 is 4.79 Å². The van der Waals surface area contributed by atoms with E-state index in [2.05, 4.69) is 24.3 Å². The number of hydrogen-bond acceptors (Lipinski definition) is 1. The molecule has 0 spiro atoms. The second-order valence-electron chi connectivity index (χ2n) is 6.77. The highest BCUT2D eigenvalue weighted by molar-refractivity contribution is 5.94. The smallest absolute Gasteiger partial charge is 0.254 e. The minimum atomic E-state index is 0.0340. The second-order valence-corrected chi connectivity index (χ2v) is 6.77.